The highest BCUT2D eigenvalue weighted by molar-refractivity contribution is 8.01. The van der Waals surface area contributed by atoms with Gasteiger partial charge in [-0.2, -0.15) is 0 Å². The zero-order valence-corrected chi connectivity index (χ0v) is 24.0. The largest absolute Gasteiger partial charge is 0.481 e. The molecule has 0 bridgehead atoms. The molecule has 0 fully saturated rings. The first-order valence-electron chi connectivity index (χ1n) is 11.2. The van der Waals surface area contributed by atoms with Crippen LogP contribution in [-0.2, 0) is 24.2 Å². The number of thiophene rings is 1. The van der Waals surface area contributed by atoms with Gasteiger partial charge in [0, 0.05) is 5.69 Å². The minimum Gasteiger partial charge on any atom is -0.481 e. The van der Waals surface area contributed by atoms with E-state index in [4.69, 9.17) is 21.4 Å². The Bertz CT molecular complexity index is 1550. The molecule has 39 heavy (non-hydrogen) atoms. The number of carbonyl (C=O) groups excluding carboxylic acids is 1. The summed E-state index contributed by atoms with van der Waals surface area (Å²) in [5.74, 6) is -3.49. The lowest BCUT2D eigenvalue weighted by molar-refractivity contribution is -0.142. The summed E-state index contributed by atoms with van der Waals surface area (Å²) in [7, 11) is -3.89. The van der Waals surface area contributed by atoms with Crippen LogP contribution in [0.5, 0.6) is 0 Å². The SMILES string of the molecule is CSc1sc(C(=N)N)cc1S(=O)(=O)c1cccc(-c2ccc(NC(=O)CSC(CC(=O)O)C(=O)O)cc2C)c1. The second-order valence-corrected chi connectivity index (χ2v) is 13.5. The van der Waals surface area contributed by atoms with E-state index in [-0.39, 0.29) is 21.4 Å². The molecule has 0 radical (unpaired) electrons. The van der Waals surface area contributed by atoms with Crippen LogP contribution in [0.4, 0.5) is 5.69 Å². The number of sulfone groups is 1. The number of nitrogens with one attached hydrogen (secondary N) is 2. The fourth-order valence-electron chi connectivity index (χ4n) is 3.59. The van der Waals surface area contributed by atoms with Crippen molar-refractivity contribution in [3.8, 4) is 11.1 Å². The van der Waals surface area contributed by atoms with Gasteiger partial charge in [-0.1, -0.05) is 18.2 Å². The quantitative estimate of drug-likeness (QED) is 0.114. The Kier molecular flexibility index (Phi) is 9.83. The predicted octanol–water partition coefficient (Wildman–Crippen LogP) is 4.16. The number of nitrogens with two attached hydrogens (primary N) is 1. The molecule has 6 N–H and O–H groups in total. The molecule has 1 unspecified atom stereocenters. The van der Waals surface area contributed by atoms with Gasteiger partial charge in [0.05, 0.1) is 31.1 Å². The van der Waals surface area contributed by atoms with Crippen molar-refractivity contribution in [2.75, 3.05) is 17.3 Å². The topological polar surface area (TPSA) is 188 Å². The van der Waals surface area contributed by atoms with Crippen molar-refractivity contribution in [1.29, 1.82) is 5.41 Å². The van der Waals surface area contributed by atoms with Crippen molar-refractivity contribution >= 4 is 74.1 Å². The molecule has 0 aliphatic rings. The van der Waals surface area contributed by atoms with E-state index in [1.54, 1.807) is 49.6 Å². The summed E-state index contributed by atoms with van der Waals surface area (Å²) < 4.78 is 27.5. The smallest absolute Gasteiger partial charge is 0.317 e. The van der Waals surface area contributed by atoms with Crippen molar-refractivity contribution < 1.29 is 33.0 Å². The fraction of sp³-hybridized carbons (Fsp3) is 0.200. The molecule has 14 heteroatoms. The Labute approximate surface area is 237 Å². The van der Waals surface area contributed by atoms with Gasteiger partial charge in [0.1, 0.15) is 11.1 Å². The number of amidine groups is 1. The minimum absolute atomic E-state index is 0.0892. The molecule has 0 aliphatic carbocycles. The van der Waals surface area contributed by atoms with Crippen molar-refractivity contribution in [3.05, 3.63) is 59.0 Å². The second kappa shape index (κ2) is 12.7. The van der Waals surface area contributed by atoms with E-state index in [0.29, 0.717) is 20.3 Å². The number of amides is 1. The van der Waals surface area contributed by atoms with E-state index in [0.717, 1.165) is 34.2 Å². The van der Waals surface area contributed by atoms with Crippen LogP contribution in [0.3, 0.4) is 0 Å². The van der Waals surface area contributed by atoms with Crippen LogP contribution in [-0.4, -0.2) is 59.6 Å². The van der Waals surface area contributed by atoms with Crippen LogP contribution in [0.25, 0.3) is 11.1 Å². The maximum absolute atomic E-state index is 13.5. The Morgan fingerprint density at radius 2 is 1.85 bits per heavy atom. The first-order valence-corrected chi connectivity index (χ1v) is 15.7. The number of anilines is 1. The van der Waals surface area contributed by atoms with Gasteiger partial charge >= 0.3 is 11.9 Å². The molecule has 3 aromatic rings. The Morgan fingerprint density at radius 3 is 2.44 bits per heavy atom. The van der Waals surface area contributed by atoms with Crippen LogP contribution < -0.4 is 11.1 Å². The summed E-state index contributed by atoms with van der Waals surface area (Å²) in [5.41, 5.74) is 8.16. The Hall–Kier alpha value is -3.33. The summed E-state index contributed by atoms with van der Waals surface area (Å²) in [6.45, 7) is 1.80. The van der Waals surface area contributed by atoms with Crippen LogP contribution >= 0.6 is 34.9 Å². The third-order valence-electron chi connectivity index (χ3n) is 5.42. The minimum atomic E-state index is -3.89. The molecule has 206 valence electrons. The number of benzene rings is 2. The number of nitrogen functional groups attached to an aromatic ring is 1. The molecule has 3 rings (SSSR count). The predicted molar refractivity (Wildman–Crippen MR) is 154 cm³/mol. The summed E-state index contributed by atoms with van der Waals surface area (Å²) in [5, 5.41) is 27.0. The normalized spacial score (nSPS) is 12.1. The Morgan fingerprint density at radius 1 is 1.13 bits per heavy atom. The van der Waals surface area contributed by atoms with Crippen molar-refractivity contribution in [2.24, 2.45) is 5.73 Å². The second-order valence-electron chi connectivity index (χ2n) is 8.23. The highest BCUT2D eigenvalue weighted by atomic mass is 32.2. The van der Waals surface area contributed by atoms with Crippen LogP contribution in [0, 0.1) is 12.3 Å². The molecule has 0 saturated carbocycles. The molecular weight excluding hydrogens is 583 g/mol. The van der Waals surface area contributed by atoms with E-state index in [2.05, 4.69) is 5.32 Å². The van der Waals surface area contributed by atoms with E-state index in [9.17, 15) is 22.8 Å². The van der Waals surface area contributed by atoms with E-state index in [1.165, 1.54) is 23.9 Å². The average Bonchev–Trinajstić information content (AvgIpc) is 3.32. The van der Waals surface area contributed by atoms with Crippen LogP contribution in [0.1, 0.15) is 16.9 Å². The van der Waals surface area contributed by atoms with E-state index < -0.39 is 39.4 Å². The van der Waals surface area contributed by atoms with Gasteiger partial charge in [-0.3, -0.25) is 19.8 Å². The van der Waals surface area contributed by atoms with Crippen LogP contribution in [0.2, 0.25) is 0 Å². The number of thioether (sulfide) groups is 2. The first kappa shape index (κ1) is 30.2. The molecule has 0 aliphatic heterocycles. The lowest BCUT2D eigenvalue weighted by atomic mass is 10.00. The van der Waals surface area contributed by atoms with Crippen LogP contribution in [0.15, 0.2) is 62.5 Å². The van der Waals surface area contributed by atoms with Gasteiger partial charge in [-0.05, 0) is 60.2 Å². The summed E-state index contributed by atoms with van der Waals surface area (Å²) in [6, 6.07) is 13.0. The van der Waals surface area contributed by atoms with Gasteiger partial charge in [0.25, 0.3) is 0 Å². The Balaban J connectivity index is 1.81. The number of carboxylic acids is 2. The van der Waals surface area contributed by atoms with Crippen molar-refractivity contribution in [1.82, 2.24) is 0 Å². The maximum Gasteiger partial charge on any atom is 0.317 e. The standard InChI is InChI=1S/C25H25N3O7S4/c1-13-8-15(28-21(29)12-37-19(24(32)33)11-22(30)31)6-7-17(13)14-4-3-5-16(9-14)39(34,35)20-10-18(23(26)27)38-25(20)36-2/h3-10,19H,11-12H2,1-2H3,(H3,26,27)(H,28,29)(H,30,31)(H,32,33). The average molecular weight is 608 g/mol. The lowest BCUT2D eigenvalue weighted by Crippen LogP contribution is -2.24. The molecule has 0 spiro atoms. The third kappa shape index (κ3) is 7.41. The maximum atomic E-state index is 13.5. The van der Waals surface area contributed by atoms with Gasteiger partial charge in [0.2, 0.25) is 15.7 Å². The fourth-order valence-corrected chi connectivity index (χ4v) is 8.32. The number of hydrogen-bond donors (Lipinski definition) is 5. The van der Waals surface area contributed by atoms with Gasteiger partial charge < -0.3 is 21.3 Å². The number of rotatable bonds is 12. The number of aliphatic carboxylic acids is 2. The highest BCUT2D eigenvalue weighted by Gasteiger charge is 2.26. The third-order valence-corrected chi connectivity index (χ3v) is 11.0. The summed E-state index contributed by atoms with van der Waals surface area (Å²) in [6.07, 6.45) is 1.16. The van der Waals surface area contributed by atoms with Gasteiger partial charge in [-0.25, -0.2) is 8.42 Å². The highest BCUT2D eigenvalue weighted by Crippen LogP contribution is 2.38. The molecule has 2 aromatic carbocycles. The number of hydrogen-bond acceptors (Lipinski definition) is 9. The van der Waals surface area contributed by atoms with Crippen molar-refractivity contribution in [3.63, 3.8) is 0 Å². The molecule has 0 saturated heterocycles. The van der Waals surface area contributed by atoms with E-state index >= 15 is 0 Å². The zero-order valence-electron chi connectivity index (χ0n) is 20.8. The lowest BCUT2D eigenvalue weighted by Gasteiger charge is -2.13. The van der Waals surface area contributed by atoms with Crippen molar-refractivity contribution in [2.45, 2.75) is 32.6 Å². The molecular formula is C25H25N3O7S4. The van der Waals surface area contributed by atoms with Gasteiger partial charge in [0.15, 0.2) is 0 Å². The zero-order chi connectivity index (χ0) is 28.9. The molecule has 1 heterocycles. The molecule has 1 aromatic heterocycles. The molecule has 10 nitrogen and oxygen atoms in total. The van der Waals surface area contributed by atoms with Gasteiger partial charge in [-0.15, -0.1) is 34.9 Å². The number of carbonyl (C=O) groups is 3. The molecule has 1 atom stereocenters. The van der Waals surface area contributed by atoms with E-state index in [1.807, 2.05) is 0 Å². The summed E-state index contributed by atoms with van der Waals surface area (Å²) >= 11 is 3.15. The monoisotopic (exact) mass is 607 g/mol. The molecule has 1 amide bonds. The first-order chi connectivity index (χ1) is 18.3. The number of aryl methyl sites for hydroxylation is 1. The summed E-state index contributed by atoms with van der Waals surface area (Å²) in [4.78, 5) is 34.9. The number of carboxylic acid groups (broad SMARTS) is 2.